The zero-order valence-electron chi connectivity index (χ0n) is 11.4. The highest BCUT2D eigenvalue weighted by molar-refractivity contribution is 5.55. The molecular weight excluding hydrogens is 262 g/mol. The molecule has 2 aromatic rings. The molecule has 1 heterocycles. The first kappa shape index (κ1) is 14.5. The number of methoxy groups -OCH3 is 1. The van der Waals surface area contributed by atoms with Crippen molar-refractivity contribution in [1.29, 1.82) is 0 Å². The van der Waals surface area contributed by atoms with Crippen LogP contribution >= 0.6 is 0 Å². The lowest BCUT2D eigenvalue weighted by atomic mass is 10.2. The van der Waals surface area contributed by atoms with E-state index in [4.69, 9.17) is 13.9 Å². The van der Waals surface area contributed by atoms with Crippen molar-refractivity contribution in [3.8, 4) is 17.2 Å². The number of aromatic nitrogens is 1. The Hall–Kier alpha value is -1.89. The van der Waals surface area contributed by atoms with Gasteiger partial charge in [0.1, 0.15) is 11.4 Å². The lowest BCUT2D eigenvalue weighted by Gasteiger charge is -2.07. The fourth-order valence-electron chi connectivity index (χ4n) is 1.76. The average molecular weight is 279 g/mol. The zero-order valence-corrected chi connectivity index (χ0v) is 11.4. The van der Waals surface area contributed by atoms with Crippen molar-refractivity contribution in [3.05, 3.63) is 35.7 Å². The molecule has 0 saturated carbocycles. The van der Waals surface area contributed by atoms with Crippen LogP contribution in [0, 0.1) is 0 Å². The van der Waals surface area contributed by atoms with Crippen LogP contribution in [0.4, 0.5) is 0 Å². The van der Waals surface area contributed by atoms with Crippen molar-refractivity contribution in [3.63, 3.8) is 0 Å². The highest BCUT2D eigenvalue weighted by atomic mass is 16.6. The van der Waals surface area contributed by atoms with E-state index in [-0.39, 0.29) is 18.1 Å². The number of oxazole rings is 1. The Balaban J connectivity index is 2.32. The van der Waals surface area contributed by atoms with Gasteiger partial charge in [0.2, 0.25) is 12.2 Å². The molecule has 0 aliphatic rings. The van der Waals surface area contributed by atoms with E-state index in [1.807, 2.05) is 0 Å². The second-order valence-corrected chi connectivity index (χ2v) is 4.02. The van der Waals surface area contributed by atoms with Crippen molar-refractivity contribution < 1.29 is 24.1 Å². The van der Waals surface area contributed by atoms with Gasteiger partial charge in [0, 0.05) is 12.2 Å². The molecule has 20 heavy (non-hydrogen) atoms. The molecule has 2 N–H and O–H groups in total. The molecule has 0 aliphatic carbocycles. The summed E-state index contributed by atoms with van der Waals surface area (Å²) in [6.07, 6.45) is -1.23. The lowest BCUT2D eigenvalue weighted by Crippen LogP contribution is -2.04. The van der Waals surface area contributed by atoms with E-state index in [1.54, 1.807) is 38.3 Å². The van der Waals surface area contributed by atoms with Crippen LogP contribution in [0.25, 0.3) is 11.5 Å². The summed E-state index contributed by atoms with van der Waals surface area (Å²) in [4.78, 5) is 4.16. The van der Waals surface area contributed by atoms with E-state index in [0.29, 0.717) is 12.5 Å². The zero-order chi connectivity index (χ0) is 14.5. The Morgan fingerprint density at radius 2 is 2.00 bits per heavy atom. The van der Waals surface area contributed by atoms with E-state index in [9.17, 15) is 10.2 Å². The van der Waals surface area contributed by atoms with Gasteiger partial charge >= 0.3 is 0 Å². The minimum Gasteiger partial charge on any atom is -0.497 e. The number of rotatable bonds is 6. The van der Waals surface area contributed by atoms with Crippen LogP contribution in [-0.2, 0) is 11.3 Å². The lowest BCUT2D eigenvalue weighted by molar-refractivity contribution is -0.111. The Labute approximate surface area is 116 Å². The van der Waals surface area contributed by atoms with Crippen LogP contribution < -0.4 is 4.74 Å². The number of aliphatic hydroxyl groups excluding tert-OH is 2. The standard InChI is InChI=1S/C14H17NO5/c1-3-19-14(17)12-11(8-16)15-13(20-12)9-4-6-10(18-2)7-5-9/h4-7,14,16-17H,3,8H2,1-2H3. The molecule has 1 aromatic carbocycles. The van der Waals surface area contributed by atoms with E-state index in [0.717, 1.165) is 11.3 Å². The molecule has 1 aromatic heterocycles. The molecule has 6 nitrogen and oxygen atoms in total. The number of aliphatic hydroxyl groups is 2. The van der Waals surface area contributed by atoms with Crippen molar-refractivity contribution in [1.82, 2.24) is 4.98 Å². The molecule has 6 heteroatoms. The van der Waals surface area contributed by atoms with Crippen LogP contribution in [0.1, 0.15) is 24.7 Å². The van der Waals surface area contributed by atoms with Crippen LogP contribution in [0.15, 0.2) is 28.7 Å². The molecule has 0 spiro atoms. The molecule has 108 valence electrons. The predicted octanol–water partition coefficient (Wildman–Crippen LogP) is 1.87. The van der Waals surface area contributed by atoms with Crippen molar-refractivity contribution in [2.24, 2.45) is 0 Å². The molecule has 0 fully saturated rings. The summed E-state index contributed by atoms with van der Waals surface area (Å²) in [6, 6.07) is 7.11. The van der Waals surface area contributed by atoms with Crippen LogP contribution in [0.3, 0.4) is 0 Å². The van der Waals surface area contributed by atoms with E-state index in [1.165, 1.54) is 0 Å². The Bertz CT molecular complexity index is 549. The first-order valence-electron chi connectivity index (χ1n) is 6.24. The minimum absolute atomic E-state index is 0.125. The highest BCUT2D eigenvalue weighted by Gasteiger charge is 2.21. The summed E-state index contributed by atoms with van der Waals surface area (Å²) < 4.78 is 15.6. The topological polar surface area (TPSA) is 85.0 Å². The van der Waals surface area contributed by atoms with Crippen molar-refractivity contribution in [2.75, 3.05) is 13.7 Å². The molecule has 0 amide bonds. The van der Waals surface area contributed by atoms with E-state index < -0.39 is 6.29 Å². The number of ether oxygens (including phenoxy) is 2. The van der Waals surface area contributed by atoms with Gasteiger partial charge in [-0.15, -0.1) is 0 Å². The largest absolute Gasteiger partial charge is 0.497 e. The molecule has 0 radical (unpaired) electrons. The molecule has 0 saturated heterocycles. The van der Waals surface area contributed by atoms with Gasteiger partial charge in [-0.2, -0.15) is 0 Å². The summed E-state index contributed by atoms with van der Waals surface area (Å²) in [5.41, 5.74) is 0.979. The number of hydrogen-bond acceptors (Lipinski definition) is 6. The van der Waals surface area contributed by atoms with Crippen LogP contribution in [0.2, 0.25) is 0 Å². The fourth-order valence-corrected chi connectivity index (χ4v) is 1.76. The Morgan fingerprint density at radius 3 is 2.55 bits per heavy atom. The summed E-state index contributed by atoms with van der Waals surface area (Å²) in [5, 5.41) is 19.1. The first-order valence-corrected chi connectivity index (χ1v) is 6.24. The maximum atomic E-state index is 9.79. The Kier molecular flexibility index (Phi) is 4.73. The molecular formula is C14H17NO5. The van der Waals surface area contributed by atoms with Gasteiger partial charge in [0.05, 0.1) is 13.7 Å². The fraction of sp³-hybridized carbons (Fsp3) is 0.357. The van der Waals surface area contributed by atoms with Gasteiger partial charge in [0.15, 0.2) is 5.76 Å². The first-order chi connectivity index (χ1) is 9.69. The van der Waals surface area contributed by atoms with Gasteiger partial charge in [-0.1, -0.05) is 0 Å². The van der Waals surface area contributed by atoms with Crippen LogP contribution in [0.5, 0.6) is 5.75 Å². The van der Waals surface area contributed by atoms with Crippen molar-refractivity contribution >= 4 is 0 Å². The third-order valence-electron chi connectivity index (χ3n) is 2.76. The second-order valence-electron chi connectivity index (χ2n) is 4.02. The van der Waals surface area contributed by atoms with Gasteiger partial charge in [-0.05, 0) is 31.2 Å². The Morgan fingerprint density at radius 1 is 1.30 bits per heavy atom. The normalized spacial score (nSPS) is 12.4. The molecule has 1 atom stereocenters. The van der Waals surface area contributed by atoms with Gasteiger partial charge < -0.3 is 24.1 Å². The minimum atomic E-state index is -1.23. The van der Waals surface area contributed by atoms with E-state index in [2.05, 4.69) is 4.98 Å². The van der Waals surface area contributed by atoms with Gasteiger partial charge in [-0.25, -0.2) is 4.98 Å². The quantitative estimate of drug-likeness (QED) is 0.785. The van der Waals surface area contributed by atoms with Gasteiger partial charge in [-0.3, -0.25) is 0 Å². The third-order valence-corrected chi connectivity index (χ3v) is 2.76. The number of nitrogens with zero attached hydrogens (tertiary/aromatic N) is 1. The highest BCUT2D eigenvalue weighted by Crippen LogP contribution is 2.28. The summed E-state index contributed by atoms with van der Waals surface area (Å²) in [6.45, 7) is 1.74. The van der Waals surface area contributed by atoms with Gasteiger partial charge in [0.25, 0.3) is 0 Å². The molecule has 0 bridgehead atoms. The molecule has 1 unspecified atom stereocenters. The average Bonchev–Trinajstić information content (AvgIpc) is 2.92. The second kappa shape index (κ2) is 6.51. The summed E-state index contributed by atoms with van der Waals surface area (Å²) in [5.74, 6) is 1.16. The number of hydrogen-bond donors (Lipinski definition) is 2. The maximum absolute atomic E-state index is 9.79. The maximum Gasteiger partial charge on any atom is 0.226 e. The summed E-state index contributed by atoms with van der Waals surface area (Å²) >= 11 is 0. The smallest absolute Gasteiger partial charge is 0.226 e. The predicted molar refractivity (Wildman–Crippen MR) is 71.0 cm³/mol. The van der Waals surface area contributed by atoms with Crippen molar-refractivity contribution in [2.45, 2.75) is 19.8 Å². The third kappa shape index (κ3) is 2.98. The number of benzene rings is 1. The monoisotopic (exact) mass is 279 g/mol. The SMILES string of the molecule is CCOC(O)c1oc(-c2ccc(OC)cc2)nc1CO. The van der Waals surface area contributed by atoms with E-state index >= 15 is 0 Å². The molecule has 2 rings (SSSR count). The summed E-state index contributed by atoms with van der Waals surface area (Å²) in [7, 11) is 1.58. The van der Waals surface area contributed by atoms with Crippen LogP contribution in [-0.4, -0.2) is 28.9 Å². The molecule has 0 aliphatic heterocycles.